The second-order valence-electron chi connectivity index (χ2n) is 19.3. The lowest BCUT2D eigenvalue weighted by Crippen LogP contribution is -2.62. The van der Waals surface area contributed by atoms with E-state index in [0.717, 1.165) is 0 Å². The van der Waals surface area contributed by atoms with Gasteiger partial charge in [-0.2, -0.15) is 0 Å². The minimum atomic E-state index is -1.67. The maximum Gasteiger partial charge on any atom is 0.326 e. The van der Waals surface area contributed by atoms with Crippen LogP contribution in [0.1, 0.15) is 83.0 Å². The zero-order valence-electron chi connectivity index (χ0n) is 42.3. The molecule has 0 bridgehead atoms. The molecule has 74 heavy (non-hydrogen) atoms. The van der Waals surface area contributed by atoms with Gasteiger partial charge >= 0.3 is 5.97 Å². The molecule has 2 aromatic carbocycles. The summed E-state index contributed by atoms with van der Waals surface area (Å²) in [5.74, 6) is -7.62. The van der Waals surface area contributed by atoms with Crippen LogP contribution in [-0.4, -0.2) is 163 Å². The molecule has 2 aliphatic heterocycles. The molecule has 12 N–H and O–H groups in total. The van der Waals surface area contributed by atoms with Gasteiger partial charge in [0.05, 0.1) is 19.5 Å². The van der Waals surface area contributed by atoms with Crippen LogP contribution in [0.15, 0.2) is 67.1 Å². The number of nitrogens with zero attached hydrogens (tertiary/aromatic N) is 3. The van der Waals surface area contributed by atoms with E-state index in [4.69, 9.17) is 5.73 Å². The van der Waals surface area contributed by atoms with E-state index in [1.54, 1.807) is 44.2 Å². The van der Waals surface area contributed by atoms with Gasteiger partial charge in [0.25, 0.3) is 0 Å². The van der Waals surface area contributed by atoms with Crippen LogP contribution in [-0.2, 0) is 62.4 Å². The average molecular weight is 1030 g/mol. The van der Waals surface area contributed by atoms with Gasteiger partial charge in [-0.15, -0.1) is 0 Å². The van der Waals surface area contributed by atoms with E-state index in [9.17, 15) is 58.5 Å². The zero-order chi connectivity index (χ0) is 54.1. The van der Waals surface area contributed by atoms with Crippen LogP contribution in [0.25, 0.3) is 0 Å². The van der Waals surface area contributed by atoms with Crippen molar-refractivity contribution in [1.82, 2.24) is 51.7 Å². The molecular weight excluding hydrogens is 959 g/mol. The van der Waals surface area contributed by atoms with Crippen LogP contribution >= 0.6 is 0 Å². The molecule has 0 aliphatic carbocycles. The van der Waals surface area contributed by atoms with E-state index in [2.05, 4.69) is 41.9 Å². The van der Waals surface area contributed by atoms with Crippen LogP contribution in [0.4, 0.5) is 0 Å². The lowest BCUT2D eigenvalue weighted by molar-refractivity contribution is -0.149. The van der Waals surface area contributed by atoms with Crippen molar-refractivity contribution in [2.24, 2.45) is 17.6 Å². The minimum Gasteiger partial charge on any atom is -0.508 e. The molecule has 2 fully saturated rings. The molecule has 9 atom stereocenters. The maximum atomic E-state index is 14.7. The first-order valence-electron chi connectivity index (χ1n) is 25.1. The molecule has 1 aromatic heterocycles. The summed E-state index contributed by atoms with van der Waals surface area (Å²) >= 11 is 0. The maximum absolute atomic E-state index is 14.7. The number of aliphatic hydroxyl groups excluding tert-OH is 1. The number of aromatic amines is 1. The number of carboxylic acids is 1. The number of imidazole rings is 1. The van der Waals surface area contributed by atoms with Gasteiger partial charge in [-0.05, 0) is 67.2 Å². The first-order valence-corrected chi connectivity index (χ1v) is 25.1. The normalized spacial score (nSPS) is 18.2. The van der Waals surface area contributed by atoms with Crippen molar-refractivity contribution in [2.75, 3.05) is 26.2 Å². The number of hydrogen-bond acceptors (Lipinski definition) is 13. The van der Waals surface area contributed by atoms with Gasteiger partial charge in [0.1, 0.15) is 54.1 Å². The zero-order valence-corrected chi connectivity index (χ0v) is 42.3. The molecule has 0 saturated carbocycles. The third kappa shape index (κ3) is 16.0. The van der Waals surface area contributed by atoms with Crippen LogP contribution in [0.2, 0.25) is 0 Å². The number of amides is 8. The standard InChI is InChI=1S/C51H71N11O12/c1-5-30(4)43(60-45(67)36(24-33-26-53-28-54-33)56-44(66)35(55-42(65)25-52)22-31-11-7-6-8-12-31)48(70)59-39(27-63)46(68)57-37(23-32-15-17-34(64)18-16-32)49(71)62-20-10-14-41(62)50(72)61-19-9-13-40(61)47(69)58-38(51(73)74)21-29(2)3/h6-8,11-12,15-18,26,28-30,35-41,43,63-64H,5,9-10,13-14,19-25,27,52H2,1-4H3,(H,53,54)(H,55,65)(H,56,66)(H,57,68)(H,58,69)(H,59,70)(H,60,67)(H,73,74)/t30-,35-,36-,37-,38-,39-,40-,41-,43-/m0/s1. The molecule has 3 heterocycles. The SMILES string of the molecule is CC[C@H](C)[C@H](NC(=O)[C@H](Cc1cnc[nH]1)NC(=O)[C@H](Cc1ccccc1)NC(=O)CN)C(=O)N[C@@H](CO)C(=O)N[C@@H](Cc1ccc(O)cc1)C(=O)N1CCC[C@H]1C(=O)N1CCC[C@H]1C(=O)N[C@@H](CC(C)C)C(=O)O. The quantitative estimate of drug-likeness (QED) is 0.0468. The molecule has 23 nitrogen and oxygen atoms in total. The number of rotatable bonds is 26. The molecule has 3 aromatic rings. The van der Waals surface area contributed by atoms with Gasteiger partial charge in [0.2, 0.25) is 47.3 Å². The number of benzene rings is 2. The molecule has 2 saturated heterocycles. The van der Waals surface area contributed by atoms with E-state index < -0.39 is 121 Å². The first kappa shape index (κ1) is 57.5. The fourth-order valence-electron chi connectivity index (χ4n) is 9.10. The lowest BCUT2D eigenvalue weighted by atomic mass is 9.97. The van der Waals surface area contributed by atoms with Crippen molar-refractivity contribution in [1.29, 1.82) is 0 Å². The Morgan fingerprint density at radius 3 is 1.89 bits per heavy atom. The van der Waals surface area contributed by atoms with Crippen molar-refractivity contribution in [3.63, 3.8) is 0 Å². The van der Waals surface area contributed by atoms with Gasteiger partial charge in [-0.1, -0.05) is 76.6 Å². The van der Waals surface area contributed by atoms with E-state index in [0.29, 0.717) is 36.1 Å². The predicted octanol–water partition coefficient (Wildman–Crippen LogP) is -0.838. The van der Waals surface area contributed by atoms with Gasteiger partial charge < -0.3 is 67.7 Å². The Morgan fingerprint density at radius 1 is 0.703 bits per heavy atom. The van der Waals surface area contributed by atoms with Crippen molar-refractivity contribution in [2.45, 2.75) is 134 Å². The number of aliphatic hydroxyl groups is 1. The summed E-state index contributed by atoms with van der Waals surface area (Å²) < 4.78 is 0. The number of phenolic OH excluding ortho intramolecular Hbond substituents is 1. The van der Waals surface area contributed by atoms with Gasteiger partial charge in [-0.25, -0.2) is 9.78 Å². The number of carboxylic acid groups (broad SMARTS) is 1. The summed E-state index contributed by atoms with van der Waals surface area (Å²) in [6.07, 6.45) is 4.57. The molecule has 0 radical (unpaired) electrons. The highest BCUT2D eigenvalue weighted by molar-refractivity contribution is 5.98. The Bertz CT molecular complexity index is 2410. The molecule has 0 unspecified atom stereocenters. The van der Waals surface area contributed by atoms with E-state index in [-0.39, 0.29) is 63.3 Å². The summed E-state index contributed by atoms with van der Waals surface area (Å²) in [6, 6.07) is 4.72. The molecule has 8 amide bonds. The Kier molecular flexibility index (Phi) is 21.4. The average Bonchev–Trinajstić information content (AvgIpc) is 4.20. The van der Waals surface area contributed by atoms with Gasteiger partial charge in [0.15, 0.2) is 0 Å². The second kappa shape index (κ2) is 27.6. The van der Waals surface area contributed by atoms with Gasteiger partial charge in [0, 0.05) is 44.2 Å². The number of nitrogens with two attached hydrogens (primary N) is 1. The fourth-order valence-corrected chi connectivity index (χ4v) is 9.10. The molecule has 0 spiro atoms. The number of likely N-dealkylation sites (tertiary alicyclic amines) is 2. The molecule has 23 heteroatoms. The highest BCUT2D eigenvalue weighted by Gasteiger charge is 2.45. The number of carbonyl (C=O) groups is 9. The summed E-state index contributed by atoms with van der Waals surface area (Å²) in [4.78, 5) is 133. The van der Waals surface area contributed by atoms with Crippen molar-refractivity contribution < 1.29 is 58.5 Å². The number of nitrogens with one attached hydrogen (secondary N) is 7. The third-order valence-electron chi connectivity index (χ3n) is 13.3. The summed E-state index contributed by atoms with van der Waals surface area (Å²) in [6.45, 7) is 6.07. The number of phenols is 1. The van der Waals surface area contributed by atoms with E-state index in [1.165, 1.54) is 46.6 Å². The Labute approximate surface area is 429 Å². The molecule has 2 aliphatic rings. The Morgan fingerprint density at radius 2 is 1.28 bits per heavy atom. The summed E-state index contributed by atoms with van der Waals surface area (Å²) in [5.41, 5.74) is 7.23. The van der Waals surface area contributed by atoms with E-state index in [1.807, 2.05) is 13.8 Å². The first-order chi connectivity index (χ1) is 35.3. The van der Waals surface area contributed by atoms with E-state index >= 15 is 0 Å². The molecular formula is C51H71N11O12. The topological polar surface area (TPSA) is 348 Å². The monoisotopic (exact) mass is 1030 g/mol. The number of H-pyrrole nitrogens is 1. The highest BCUT2D eigenvalue weighted by Crippen LogP contribution is 2.27. The van der Waals surface area contributed by atoms with Gasteiger partial charge in [-0.3, -0.25) is 38.4 Å². The second-order valence-corrected chi connectivity index (χ2v) is 19.3. The fraction of sp³-hybridized carbons (Fsp3) is 0.529. The predicted molar refractivity (Wildman–Crippen MR) is 268 cm³/mol. The number of aromatic nitrogens is 2. The van der Waals surface area contributed by atoms with Crippen molar-refractivity contribution >= 4 is 53.2 Å². The number of carbonyl (C=O) groups excluding carboxylic acids is 8. The summed E-state index contributed by atoms with van der Waals surface area (Å²) in [7, 11) is 0. The molecule has 402 valence electrons. The Hall–Kier alpha value is -7.40. The Balaban J connectivity index is 1.33. The smallest absolute Gasteiger partial charge is 0.326 e. The lowest BCUT2D eigenvalue weighted by Gasteiger charge is -2.33. The number of aliphatic carboxylic acids is 1. The third-order valence-corrected chi connectivity index (χ3v) is 13.3. The largest absolute Gasteiger partial charge is 0.508 e. The summed E-state index contributed by atoms with van der Waals surface area (Å²) in [5, 5.41) is 46.1. The number of hydrogen-bond donors (Lipinski definition) is 11. The van der Waals surface area contributed by atoms with Crippen LogP contribution in [0.5, 0.6) is 5.75 Å². The van der Waals surface area contributed by atoms with Crippen molar-refractivity contribution in [3.8, 4) is 5.75 Å². The van der Waals surface area contributed by atoms with Crippen molar-refractivity contribution in [3.05, 3.63) is 83.9 Å². The number of aromatic hydroxyl groups is 1. The molecule has 5 rings (SSSR count). The minimum absolute atomic E-state index is 0.0334. The van der Waals surface area contributed by atoms with Crippen LogP contribution in [0, 0.1) is 11.8 Å². The highest BCUT2D eigenvalue weighted by atomic mass is 16.4. The van der Waals surface area contributed by atoms with Crippen LogP contribution in [0.3, 0.4) is 0 Å². The van der Waals surface area contributed by atoms with Crippen LogP contribution < -0.4 is 37.6 Å².